The number of hydrogen-bond donors (Lipinski definition) is 1. The van der Waals surface area contributed by atoms with Crippen LogP contribution in [0.25, 0.3) is 0 Å². The Morgan fingerprint density at radius 2 is 1.45 bits per heavy atom. The molecule has 0 atom stereocenters. The molecule has 0 saturated carbocycles. The van der Waals surface area contributed by atoms with Crippen LogP contribution in [0.4, 0.5) is 0 Å². The van der Waals surface area contributed by atoms with E-state index in [1.54, 1.807) is 0 Å². The van der Waals surface area contributed by atoms with Gasteiger partial charge in [0, 0.05) is 5.56 Å². The molecular weight excluding hydrogens is 246 g/mol. The number of rotatable bonds is 11. The summed E-state index contributed by atoms with van der Waals surface area (Å²) in [5.74, 6) is 0.0172. The number of benzene rings is 1. The van der Waals surface area contributed by atoms with Crippen LogP contribution in [0.2, 0.25) is 0 Å². The fourth-order valence-electron chi connectivity index (χ4n) is 2.44. The molecular formula is C18H29NO. The predicted octanol–water partition coefficient (Wildman–Crippen LogP) is 4.51. The first kappa shape index (κ1) is 16.9. The Kier molecular flexibility index (Phi) is 8.97. The van der Waals surface area contributed by atoms with E-state index in [2.05, 4.69) is 19.1 Å². The molecule has 0 aliphatic carbocycles. The maximum Gasteiger partial charge on any atom is 0.176 e. The van der Waals surface area contributed by atoms with Crippen molar-refractivity contribution < 1.29 is 4.79 Å². The van der Waals surface area contributed by atoms with E-state index in [9.17, 15) is 4.79 Å². The van der Waals surface area contributed by atoms with Crippen LogP contribution in [0.5, 0.6) is 0 Å². The molecule has 0 aromatic heterocycles. The monoisotopic (exact) mass is 275 g/mol. The van der Waals surface area contributed by atoms with E-state index in [1.165, 1.54) is 56.9 Å². The van der Waals surface area contributed by atoms with Crippen LogP contribution < -0.4 is 5.73 Å². The second-order valence-corrected chi connectivity index (χ2v) is 5.55. The minimum absolute atomic E-state index is 0.0172. The molecule has 0 unspecified atom stereocenters. The van der Waals surface area contributed by atoms with Crippen molar-refractivity contribution in [2.45, 2.75) is 64.7 Å². The average Bonchev–Trinajstić information content (AvgIpc) is 2.50. The first-order valence-electron chi connectivity index (χ1n) is 8.10. The Labute approximate surface area is 123 Å². The second-order valence-electron chi connectivity index (χ2n) is 5.55. The Balaban J connectivity index is 2.11. The van der Waals surface area contributed by atoms with E-state index >= 15 is 0 Å². The Morgan fingerprint density at radius 3 is 2.00 bits per heavy atom. The summed E-state index contributed by atoms with van der Waals surface area (Å²) in [7, 11) is 0. The lowest BCUT2D eigenvalue weighted by Gasteiger charge is -2.04. The lowest BCUT2D eigenvalue weighted by molar-refractivity contribution is 0.100. The third kappa shape index (κ3) is 6.85. The summed E-state index contributed by atoms with van der Waals surface area (Å²) < 4.78 is 0. The maximum atomic E-state index is 11.4. The highest BCUT2D eigenvalue weighted by molar-refractivity contribution is 5.97. The van der Waals surface area contributed by atoms with Crippen molar-refractivity contribution in [2.24, 2.45) is 5.73 Å². The van der Waals surface area contributed by atoms with Crippen LogP contribution in [0.3, 0.4) is 0 Å². The van der Waals surface area contributed by atoms with Crippen LogP contribution in [-0.4, -0.2) is 12.3 Å². The van der Waals surface area contributed by atoms with Gasteiger partial charge in [-0.3, -0.25) is 4.79 Å². The van der Waals surface area contributed by atoms with E-state index < -0.39 is 0 Å². The third-order valence-corrected chi connectivity index (χ3v) is 3.78. The number of ketones is 1. The van der Waals surface area contributed by atoms with Crippen molar-refractivity contribution in [3.8, 4) is 0 Å². The van der Waals surface area contributed by atoms with Gasteiger partial charge in [0.2, 0.25) is 0 Å². The van der Waals surface area contributed by atoms with Gasteiger partial charge >= 0.3 is 0 Å². The average molecular weight is 275 g/mol. The van der Waals surface area contributed by atoms with Crippen LogP contribution >= 0.6 is 0 Å². The summed E-state index contributed by atoms with van der Waals surface area (Å²) in [6, 6.07) is 7.92. The first-order valence-corrected chi connectivity index (χ1v) is 8.10. The van der Waals surface area contributed by atoms with Crippen molar-refractivity contribution in [1.29, 1.82) is 0 Å². The number of nitrogens with two attached hydrogens (primary N) is 1. The topological polar surface area (TPSA) is 43.1 Å². The van der Waals surface area contributed by atoms with Gasteiger partial charge in [-0.05, 0) is 18.4 Å². The molecule has 2 N–H and O–H groups in total. The number of Topliss-reactive ketones (excluding diaryl/α,β-unsaturated/α-hetero) is 1. The minimum Gasteiger partial charge on any atom is -0.324 e. The van der Waals surface area contributed by atoms with Gasteiger partial charge in [0.25, 0.3) is 0 Å². The number of unbranched alkanes of at least 4 members (excludes halogenated alkanes) is 7. The van der Waals surface area contributed by atoms with Gasteiger partial charge in [-0.15, -0.1) is 0 Å². The fraction of sp³-hybridized carbons (Fsp3) is 0.611. The molecule has 0 fully saturated rings. The van der Waals surface area contributed by atoms with Crippen LogP contribution in [-0.2, 0) is 6.42 Å². The highest BCUT2D eigenvalue weighted by atomic mass is 16.1. The van der Waals surface area contributed by atoms with Gasteiger partial charge < -0.3 is 5.73 Å². The van der Waals surface area contributed by atoms with Gasteiger partial charge in [0.1, 0.15) is 0 Å². The number of hydrogen-bond acceptors (Lipinski definition) is 2. The second kappa shape index (κ2) is 10.6. The zero-order chi connectivity index (χ0) is 14.6. The molecule has 0 spiro atoms. The largest absolute Gasteiger partial charge is 0.324 e. The zero-order valence-electron chi connectivity index (χ0n) is 12.9. The highest BCUT2D eigenvalue weighted by Crippen LogP contribution is 2.12. The maximum absolute atomic E-state index is 11.4. The zero-order valence-corrected chi connectivity index (χ0v) is 12.9. The van der Waals surface area contributed by atoms with Crippen LogP contribution in [0.15, 0.2) is 24.3 Å². The lowest BCUT2D eigenvalue weighted by atomic mass is 10.0. The summed E-state index contributed by atoms with van der Waals surface area (Å²) in [6.07, 6.45) is 11.9. The van der Waals surface area contributed by atoms with Gasteiger partial charge in [-0.2, -0.15) is 0 Å². The highest BCUT2D eigenvalue weighted by Gasteiger charge is 2.02. The quantitative estimate of drug-likeness (QED) is 0.477. The van der Waals surface area contributed by atoms with Crippen molar-refractivity contribution >= 4 is 5.78 Å². The standard InChI is InChI=1S/C18H29NO/c1-2-3-4-5-6-7-8-9-10-16-11-13-17(14-12-16)18(20)15-19/h11-14H,2-10,15,19H2,1H3. The SMILES string of the molecule is CCCCCCCCCCc1ccc(C(=O)CN)cc1. The van der Waals surface area contributed by atoms with Crippen molar-refractivity contribution in [3.63, 3.8) is 0 Å². The van der Waals surface area contributed by atoms with Crippen LogP contribution in [0, 0.1) is 0 Å². The number of carbonyl (C=O) groups excluding carboxylic acids is 1. The third-order valence-electron chi connectivity index (χ3n) is 3.78. The molecule has 2 heteroatoms. The lowest BCUT2D eigenvalue weighted by Crippen LogP contribution is -2.13. The summed E-state index contributed by atoms with van der Waals surface area (Å²) in [5, 5.41) is 0. The minimum atomic E-state index is 0.0172. The molecule has 0 saturated heterocycles. The molecule has 0 aliphatic rings. The summed E-state index contributed by atoms with van der Waals surface area (Å²) in [6.45, 7) is 2.35. The van der Waals surface area contributed by atoms with Crippen molar-refractivity contribution in [2.75, 3.05) is 6.54 Å². The van der Waals surface area contributed by atoms with Gasteiger partial charge in [0.15, 0.2) is 5.78 Å². The molecule has 0 aliphatic heterocycles. The molecule has 1 aromatic carbocycles. The molecule has 1 rings (SSSR count). The van der Waals surface area contributed by atoms with E-state index in [4.69, 9.17) is 5.73 Å². The molecule has 112 valence electrons. The van der Waals surface area contributed by atoms with Crippen molar-refractivity contribution in [1.82, 2.24) is 0 Å². The van der Waals surface area contributed by atoms with Crippen LogP contribution in [0.1, 0.15) is 74.2 Å². The Hall–Kier alpha value is -1.15. The smallest absolute Gasteiger partial charge is 0.176 e. The first-order chi connectivity index (χ1) is 9.77. The molecule has 0 radical (unpaired) electrons. The van der Waals surface area contributed by atoms with Gasteiger partial charge in [-0.1, -0.05) is 76.1 Å². The van der Waals surface area contributed by atoms with Crippen molar-refractivity contribution in [3.05, 3.63) is 35.4 Å². The number of carbonyl (C=O) groups is 1. The summed E-state index contributed by atoms with van der Waals surface area (Å²) in [4.78, 5) is 11.4. The molecule has 1 aromatic rings. The van der Waals surface area contributed by atoms with Gasteiger partial charge in [-0.25, -0.2) is 0 Å². The number of aryl methyl sites for hydroxylation is 1. The van der Waals surface area contributed by atoms with Gasteiger partial charge in [0.05, 0.1) is 6.54 Å². The molecule has 0 amide bonds. The molecule has 2 nitrogen and oxygen atoms in total. The Morgan fingerprint density at radius 1 is 0.900 bits per heavy atom. The van der Waals surface area contributed by atoms with E-state index in [-0.39, 0.29) is 12.3 Å². The molecule has 0 heterocycles. The van der Waals surface area contributed by atoms with E-state index in [1.807, 2.05) is 12.1 Å². The van der Waals surface area contributed by atoms with E-state index in [0.29, 0.717) is 0 Å². The van der Waals surface area contributed by atoms with E-state index in [0.717, 1.165) is 12.0 Å². The Bertz CT molecular complexity index is 370. The molecule has 0 bridgehead atoms. The summed E-state index contributed by atoms with van der Waals surface area (Å²) in [5.41, 5.74) is 7.40. The summed E-state index contributed by atoms with van der Waals surface area (Å²) >= 11 is 0. The fourth-order valence-corrected chi connectivity index (χ4v) is 2.44. The molecule has 20 heavy (non-hydrogen) atoms. The predicted molar refractivity (Wildman–Crippen MR) is 86.1 cm³/mol. The normalized spacial score (nSPS) is 10.7.